The fourth-order valence-corrected chi connectivity index (χ4v) is 2.19. The average Bonchev–Trinajstić information content (AvgIpc) is 2.91. The number of hydrogen-bond acceptors (Lipinski definition) is 5. The molecule has 1 N–H and O–H groups in total. The summed E-state index contributed by atoms with van der Waals surface area (Å²) in [6.45, 7) is 7.06. The Labute approximate surface area is 113 Å². The summed E-state index contributed by atoms with van der Waals surface area (Å²) in [6, 6.07) is 2.25. The highest BCUT2D eigenvalue weighted by molar-refractivity contribution is 5.24. The predicted octanol–water partition coefficient (Wildman–Crippen LogP) is 1.70. The zero-order valence-corrected chi connectivity index (χ0v) is 12.0. The standard InChI is InChI=1S/C13H21N5O/c1-5-6-14-12(8-13-15-17-18(4)16-13)11-7-9(2)19-10(11)3/h7,12,14H,5-6,8H2,1-4H3. The van der Waals surface area contributed by atoms with Crippen LogP contribution in [0.3, 0.4) is 0 Å². The minimum atomic E-state index is 0.168. The van der Waals surface area contributed by atoms with Crippen LogP contribution in [0.15, 0.2) is 10.5 Å². The number of rotatable bonds is 6. The zero-order valence-electron chi connectivity index (χ0n) is 12.0. The lowest BCUT2D eigenvalue weighted by Gasteiger charge is -2.16. The van der Waals surface area contributed by atoms with Gasteiger partial charge in [0.05, 0.1) is 7.05 Å². The molecule has 0 radical (unpaired) electrons. The highest BCUT2D eigenvalue weighted by Crippen LogP contribution is 2.23. The maximum Gasteiger partial charge on any atom is 0.176 e. The molecule has 0 fully saturated rings. The fourth-order valence-electron chi connectivity index (χ4n) is 2.19. The van der Waals surface area contributed by atoms with Gasteiger partial charge in [-0.15, -0.1) is 10.2 Å². The quantitative estimate of drug-likeness (QED) is 0.859. The van der Waals surface area contributed by atoms with Crippen LogP contribution in [0.1, 0.15) is 42.3 Å². The molecule has 0 saturated heterocycles. The van der Waals surface area contributed by atoms with Crippen molar-refractivity contribution >= 4 is 0 Å². The third-order valence-corrected chi connectivity index (χ3v) is 3.03. The van der Waals surface area contributed by atoms with Crippen molar-refractivity contribution in [1.82, 2.24) is 25.5 Å². The molecule has 1 unspecified atom stereocenters. The van der Waals surface area contributed by atoms with E-state index in [4.69, 9.17) is 4.42 Å². The van der Waals surface area contributed by atoms with Crippen LogP contribution >= 0.6 is 0 Å². The molecule has 0 aliphatic heterocycles. The van der Waals surface area contributed by atoms with Crippen molar-refractivity contribution in [2.75, 3.05) is 6.54 Å². The van der Waals surface area contributed by atoms with Crippen molar-refractivity contribution in [1.29, 1.82) is 0 Å². The first kappa shape index (κ1) is 13.7. The Bertz CT molecular complexity index is 531. The molecule has 1 atom stereocenters. The lowest BCUT2D eigenvalue weighted by Crippen LogP contribution is -2.24. The van der Waals surface area contributed by atoms with Crippen molar-refractivity contribution < 1.29 is 4.42 Å². The Morgan fingerprint density at radius 2 is 2.21 bits per heavy atom. The van der Waals surface area contributed by atoms with Gasteiger partial charge in [0.2, 0.25) is 0 Å². The van der Waals surface area contributed by atoms with Gasteiger partial charge in [0.1, 0.15) is 11.5 Å². The van der Waals surface area contributed by atoms with Gasteiger partial charge >= 0.3 is 0 Å². The van der Waals surface area contributed by atoms with Crippen molar-refractivity contribution in [2.45, 2.75) is 39.7 Å². The molecule has 6 nitrogen and oxygen atoms in total. The second kappa shape index (κ2) is 5.97. The molecule has 6 heteroatoms. The summed E-state index contributed by atoms with van der Waals surface area (Å²) in [4.78, 5) is 1.49. The molecule has 2 heterocycles. The number of hydrogen-bond donors (Lipinski definition) is 1. The molecule has 0 aromatic carbocycles. The summed E-state index contributed by atoms with van der Waals surface area (Å²) in [7, 11) is 1.78. The van der Waals surface area contributed by atoms with E-state index < -0.39 is 0 Å². The number of aryl methyl sites for hydroxylation is 3. The van der Waals surface area contributed by atoms with E-state index in [1.807, 2.05) is 13.8 Å². The molecule has 2 aromatic heterocycles. The molecule has 0 aliphatic carbocycles. The monoisotopic (exact) mass is 263 g/mol. The maximum atomic E-state index is 5.62. The van der Waals surface area contributed by atoms with Gasteiger partial charge in [-0.1, -0.05) is 6.92 Å². The third-order valence-electron chi connectivity index (χ3n) is 3.03. The predicted molar refractivity (Wildman–Crippen MR) is 71.7 cm³/mol. The van der Waals surface area contributed by atoms with Crippen LogP contribution in [0.25, 0.3) is 0 Å². The van der Waals surface area contributed by atoms with Gasteiger partial charge < -0.3 is 9.73 Å². The number of furan rings is 1. The molecule has 0 aliphatic rings. The molecular formula is C13H21N5O. The molecule has 19 heavy (non-hydrogen) atoms. The summed E-state index contributed by atoms with van der Waals surface area (Å²) in [5.41, 5.74) is 1.18. The number of nitrogens with one attached hydrogen (secondary N) is 1. The van der Waals surface area contributed by atoms with Gasteiger partial charge in [0.15, 0.2) is 5.82 Å². The van der Waals surface area contributed by atoms with E-state index in [0.717, 1.165) is 30.3 Å². The van der Waals surface area contributed by atoms with E-state index in [9.17, 15) is 0 Å². The first-order chi connectivity index (χ1) is 9.10. The summed E-state index contributed by atoms with van der Waals surface area (Å²) in [6.07, 6.45) is 1.80. The zero-order chi connectivity index (χ0) is 13.8. The van der Waals surface area contributed by atoms with Crippen LogP contribution in [-0.2, 0) is 13.5 Å². The molecule has 0 saturated carbocycles. The first-order valence-corrected chi connectivity index (χ1v) is 6.63. The van der Waals surface area contributed by atoms with E-state index in [1.54, 1.807) is 7.05 Å². The SMILES string of the molecule is CCCNC(Cc1nnn(C)n1)c1cc(C)oc1C. The smallest absolute Gasteiger partial charge is 0.176 e. The van der Waals surface area contributed by atoms with Crippen LogP contribution in [0.4, 0.5) is 0 Å². The van der Waals surface area contributed by atoms with Crippen molar-refractivity contribution in [2.24, 2.45) is 7.05 Å². The molecule has 2 rings (SSSR count). The number of tetrazole rings is 1. The van der Waals surface area contributed by atoms with Crippen molar-refractivity contribution in [3.63, 3.8) is 0 Å². The first-order valence-electron chi connectivity index (χ1n) is 6.63. The topological polar surface area (TPSA) is 68.8 Å². The highest BCUT2D eigenvalue weighted by Gasteiger charge is 2.19. The minimum Gasteiger partial charge on any atom is -0.466 e. The molecule has 0 spiro atoms. The Balaban J connectivity index is 2.18. The van der Waals surface area contributed by atoms with E-state index in [-0.39, 0.29) is 6.04 Å². The maximum absolute atomic E-state index is 5.62. The van der Waals surface area contributed by atoms with Crippen LogP contribution in [-0.4, -0.2) is 26.8 Å². The molecule has 2 aromatic rings. The van der Waals surface area contributed by atoms with Crippen molar-refractivity contribution in [3.05, 3.63) is 29.0 Å². The molecule has 0 amide bonds. The summed E-state index contributed by atoms with van der Waals surface area (Å²) < 4.78 is 5.62. The van der Waals surface area contributed by atoms with E-state index in [0.29, 0.717) is 6.42 Å². The third kappa shape index (κ3) is 3.41. The van der Waals surface area contributed by atoms with Crippen molar-refractivity contribution in [3.8, 4) is 0 Å². The van der Waals surface area contributed by atoms with Gasteiger partial charge in [-0.2, -0.15) is 4.80 Å². The Morgan fingerprint density at radius 1 is 1.42 bits per heavy atom. The Kier molecular flexibility index (Phi) is 4.31. The van der Waals surface area contributed by atoms with E-state index in [2.05, 4.69) is 33.7 Å². The fraction of sp³-hybridized carbons (Fsp3) is 0.615. The summed E-state index contributed by atoms with van der Waals surface area (Å²) in [5.74, 6) is 2.63. The second-order valence-corrected chi connectivity index (χ2v) is 4.77. The second-order valence-electron chi connectivity index (χ2n) is 4.77. The Morgan fingerprint density at radius 3 is 2.74 bits per heavy atom. The lowest BCUT2D eigenvalue weighted by atomic mass is 10.0. The highest BCUT2D eigenvalue weighted by atomic mass is 16.3. The Hall–Kier alpha value is -1.69. The van der Waals surface area contributed by atoms with Gasteiger partial charge in [-0.3, -0.25) is 0 Å². The number of nitrogens with zero attached hydrogens (tertiary/aromatic N) is 4. The average molecular weight is 263 g/mol. The normalized spacial score (nSPS) is 12.8. The van der Waals surface area contributed by atoms with E-state index in [1.165, 1.54) is 10.4 Å². The molecular weight excluding hydrogens is 242 g/mol. The minimum absolute atomic E-state index is 0.168. The molecule has 0 bridgehead atoms. The lowest BCUT2D eigenvalue weighted by molar-refractivity contribution is 0.476. The van der Waals surface area contributed by atoms with Crippen LogP contribution in [0, 0.1) is 13.8 Å². The van der Waals surface area contributed by atoms with Gasteiger partial charge in [0, 0.05) is 18.0 Å². The van der Waals surface area contributed by atoms with Crippen LogP contribution < -0.4 is 5.32 Å². The van der Waals surface area contributed by atoms with E-state index >= 15 is 0 Å². The van der Waals surface area contributed by atoms with Crippen LogP contribution in [0.5, 0.6) is 0 Å². The van der Waals surface area contributed by atoms with Gasteiger partial charge in [0.25, 0.3) is 0 Å². The largest absolute Gasteiger partial charge is 0.466 e. The summed E-state index contributed by atoms with van der Waals surface area (Å²) >= 11 is 0. The van der Waals surface area contributed by atoms with Crippen LogP contribution in [0.2, 0.25) is 0 Å². The van der Waals surface area contributed by atoms with Gasteiger partial charge in [-0.25, -0.2) is 0 Å². The van der Waals surface area contributed by atoms with Gasteiger partial charge in [-0.05, 0) is 38.1 Å². The molecule has 104 valence electrons. The number of aromatic nitrogens is 4. The summed E-state index contributed by atoms with van der Waals surface area (Å²) in [5, 5.41) is 15.7.